The quantitative estimate of drug-likeness (QED) is 0.404. The molecule has 0 heterocycles. The Balaban J connectivity index is 2.48. The molecule has 0 aromatic rings. The first kappa shape index (κ1) is 21.4. The van der Waals surface area contributed by atoms with E-state index in [4.69, 9.17) is 5.11 Å². The summed E-state index contributed by atoms with van der Waals surface area (Å²) in [6, 6.07) is 0. The van der Waals surface area contributed by atoms with E-state index < -0.39 is 11.6 Å². The molecule has 0 saturated heterocycles. The minimum atomic E-state index is -0.828. The highest BCUT2D eigenvalue weighted by atomic mass is 16.4. The van der Waals surface area contributed by atoms with Crippen molar-refractivity contribution in [3.8, 4) is 0 Å². The van der Waals surface area contributed by atoms with Gasteiger partial charge >= 0.3 is 5.97 Å². The van der Waals surface area contributed by atoms with Gasteiger partial charge in [-0.25, -0.2) is 0 Å². The van der Waals surface area contributed by atoms with E-state index in [1.54, 1.807) is 6.08 Å². The highest BCUT2D eigenvalue weighted by molar-refractivity contribution is 5.95. The zero-order valence-electron chi connectivity index (χ0n) is 15.5. The van der Waals surface area contributed by atoms with Gasteiger partial charge in [0.2, 0.25) is 0 Å². The zero-order chi connectivity index (χ0) is 18.7. The van der Waals surface area contributed by atoms with Gasteiger partial charge < -0.3 is 10.2 Å². The normalized spacial score (nSPS) is 22.9. The van der Waals surface area contributed by atoms with Crippen LogP contribution >= 0.6 is 0 Å². The highest BCUT2D eigenvalue weighted by Gasteiger charge is 2.28. The predicted octanol–water partition coefficient (Wildman–Crippen LogP) is 4.45. The van der Waals surface area contributed by atoms with Gasteiger partial charge in [0.1, 0.15) is 0 Å². The number of carbonyl (C=O) groups is 2. The van der Waals surface area contributed by atoms with Gasteiger partial charge in [0, 0.05) is 18.3 Å². The summed E-state index contributed by atoms with van der Waals surface area (Å²) in [5.74, 6) is -0.748. The molecule has 4 heteroatoms. The summed E-state index contributed by atoms with van der Waals surface area (Å²) in [4.78, 5) is 22.5. The van der Waals surface area contributed by atoms with Crippen molar-refractivity contribution in [3.05, 3.63) is 36.5 Å². The Morgan fingerprint density at radius 2 is 2.04 bits per heavy atom. The lowest BCUT2D eigenvalue weighted by Crippen LogP contribution is -2.21. The van der Waals surface area contributed by atoms with E-state index in [0.717, 1.165) is 25.7 Å². The molecular formula is C21H32O4. The number of carboxylic acid groups (broad SMARTS) is 1. The first-order chi connectivity index (χ1) is 11.9. The van der Waals surface area contributed by atoms with Gasteiger partial charge in [0.05, 0.1) is 5.60 Å². The third-order valence-electron chi connectivity index (χ3n) is 4.59. The SMILES string of the molecule is CCCCC[C@@](C)(O)/C=C/[C@H]1C=CC(=O)[C@@H]1C/C=C\CCCC(=O)O. The van der Waals surface area contributed by atoms with E-state index in [-0.39, 0.29) is 24.0 Å². The predicted molar refractivity (Wildman–Crippen MR) is 100 cm³/mol. The van der Waals surface area contributed by atoms with Gasteiger partial charge in [0.25, 0.3) is 0 Å². The maximum absolute atomic E-state index is 12.0. The number of carboxylic acids is 1. The molecule has 3 atom stereocenters. The summed E-state index contributed by atoms with van der Waals surface area (Å²) >= 11 is 0. The number of aliphatic carboxylic acids is 1. The third-order valence-corrected chi connectivity index (χ3v) is 4.59. The molecule has 0 spiro atoms. The minimum absolute atomic E-state index is 0.0221. The van der Waals surface area contributed by atoms with Crippen LogP contribution in [0.15, 0.2) is 36.5 Å². The number of aliphatic hydroxyl groups is 1. The molecule has 0 aliphatic heterocycles. The number of allylic oxidation sites excluding steroid dienone is 5. The fraction of sp³-hybridized carbons (Fsp3) is 0.619. The molecule has 0 fully saturated rings. The molecule has 0 bridgehead atoms. The number of ketones is 1. The Hall–Kier alpha value is -1.68. The van der Waals surface area contributed by atoms with Crippen molar-refractivity contribution in [3.63, 3.8) is 0 Å². The number of hydrogen-bond donors (Lipinski definition) is 2. The molecule has 4 nitrogen and oxygen atoms in total. The molecule has 140 valence electrons. The van der Waals surface area contributed by atoms with Crippen LogP contribution in [0.1, 0.15) is 65.2 Å². The van der Waals surface area contributed by atoms with Crippen molar-refractivity contribution in [2.24, 2.45) is 11.8 Å². The van der Waals surface area contributed by atoms with Crippen molar-refractivity contribution in [1.29, 1.82) is 0 Å². The van der Waals surface area contributed by atoms with Crippen LogP contribution in [0, 0.1) is 11.8 Å². The van der Waals surface area contributed by atoms with Crippen LogP contribution in [0.3, 0.4) is 0 Å². The van der Waals surface area contributed by atoms with Crippen molar-refractivity contribution in [1.82, 2.24) is 0 Å². The molecule has 0 unspecified atom stereocenters. The molecule has 25 heavy (non-hydrogen) atoms. The molecule has 0 amide bonds. The van der Waals surface area contributed by atoms with Gasteiger partial charge in [-0.05, 0) is 38.7 Å². The maximum atomic E-state index is 12.0. The summed E-state index contributed by atoms with van der Waals surface area (Å²) in [5, 5.41) is 19.0. The summed E-state index contributed by atoms with van der Waals surface area (Å²) in [7, 11) is 0. The first-order valence-corrected chi connectivity index (χ1v) is 9.36. The van der Waals surface area contributed by atoms with E-state index in [2.05, 4.69) is 6.92 Å². The van der Waals surface area contributed by atoms with Crippen LogP contribution < -0.4 is 0 Å². The molecule has 0 radical (unpaired) electrons. The van der Waals surface area contributed by atoms with Gasteiger partial charge in [-0.1, -0.05) is 56.6 Å². The molecule has 0 aromatic carbocycles. The minimum Gasteiger partial charge on any atom is -0.481 e. The van der Waals surface area contributed by atoms with E-state index in [0.29, 0.717) is 19.3 Å². The topological polar surface area (TPSA) is 74.6 Å². The Labute approximate surface area is 151 Å². The van der Waals surface area contributed by atoms with Crippen LogP contribution in [0.4, 0.5) is 0 Å². The van der Waals surface area contributed by atoms with Gasteiger partial charge in [-0.2, -0.15) is 0 Å². The number of carbonyl (C=O) groups excluding carboxylic acids is 1. The third kappa shape index (κ3) is 8.82. The average Bonchev–Trinajstić information content (AvgIpc) is 2.89. The second-order valence-corrected chi connectivity index (χ2v) is 7.11. The van der Waals surface area contributed by atoms with Crippen LogP contribution in [0.5, 0.6) is 0 Å². The molecule has 1 rings (SSSR count). The van der Waals surface area contributed by atoms with Gasteiger partial charge in [0.15, 0.2) is 5.78 Å². The monoisotopic (exact) mass is 348 g/mol. The molecule has 2 N–H and O–H groups in total. The van der Waals surface area contributed by atoms with E-state index in [9.17, 15) is 14.7 Å². The lowest BCUT2D eigenvalue weighted by Gasteiger charge is -2.20. The van der Waals surface area contributed by atoms with Crippen molar-refractivity contribution < 1.29 is 19.8 Å². The number of hydrogen-bond acceptors (Lipinski definition) is 3. The second kappa shape index (κ2) is 11.0. The Morgan fingerprint density at radius 3 is 2.72 bits per heavy atom. The molecule has 1 aliphatic rings. The van der Waals surface area contributed by atoms with E-state index in [1.165, 1.54) is 0 Å². The van der Waals surface area contributed by atoms with Crippen LogP contribution in [0.25, 0.3) is 0 Å². The molecular weight excluding hydrogens is 316 g/mol. The Kier molecular flexibility index (Phi) is 9.43. The largest absolute Gasteiger partial charge is 0.481 e. The Bertz CT molecular complexity index is 514. The summed E-state index contributed by atoms with van der Waals surface area (Å²) < 4.78 is 0. The summed E-state index contributed by atoms with van der Waals surface area (Å²) in [6.45, 7) is 3.95. The lowest BCUT2D eigenvalue weighted by atomic mass is 9.88. The van der Waals surface area contributed by atoms with E-state index >= 15 is 0 Å². The van der Waals surface area contributed by atoms with Crippen molar-refractivity contribution >= 4 is 11.8 Å². The molecule has 1 aliphatic carbocycles. The van der Waals surface area contributed by atoms with Gasteiger partial charge in [-0.3, -0.25) is 9.59 Å². The molecule has 0 aromatic heterocycles. The average molecular weight is 348 g/mol. The van der Waals surface area contributed by atoms with Crippen molar-refractivity contribution in [2.75, 3.05) is 0 Å². The molecule has 0 saturated carbocycles. The maximum Gasteiger partial charge on any atom is 0.303 e. The zero-order valence-corrected chi connectivity index (χ0v) is 15.5. The van der Waals surface area contributed by atoms with E-state index in [1.807, 2.05) is 37.3 Å². The fourth-order valence-electron chi connectivity index (χ4n) is 2.99. The first-order valence-electron chi connectivity index (χ1n) is 9.36. The van der Waals surface area contributed by atoms with Gasteiger partial charge in [-0.15, -0.1) is 0 Å². The van der Waals surface area contributed by atoms with Crippen LogP contribution in [-0.2, 0) is 9.59 Å². The fourth-order valence-corrected chi connectivity index (χ4v) is 2.99. The lowest BCUT2D eigenvalue weighted by molar-refractivity contribution is -0.137. The van der Waals surface area contributed by atoms with Crippen LogP contribution in [-0.4, -0.2) is 27.6 Å². The summed E-state index contributed by atoms with van der Waals surface area (Å²) in [6.07, 6.45) is 17.4. The number of rotatable bonds is 12. The standard InChI is InChI=1S/C21H32O4/c1-3-4-9-15-21(2,25)16-14-17-12-13-19(22)18(17)10-7-5-6-8-11-20(23)24/h5,7,12-14,16-18,25H,3-4,6,8-11,15H2,1-2H3,(H,23,24)/b7-5-,16-14+/t17-,18-,21-/m1/s1. The summed E-state index contributed by atoms with van der Waals surface area (Å²) in [5.41, 5.74) is -0.828. The smallest absolute Gasteiger partial charge is 0.303 e. The van der Waals surface area contributed by atoms with Crippen molar-refractivity contribution in [2.45, 2.75) is 70.8 Å². The Morgan fingerprint density at radius 1 is 1.28 bits per heavy atom. The van der Waals surface area contributed by atoms with Crippen LogP contribution in [0.2, 0.25) is 0 Å². The number of unbranched alkanes of at least 4 members (excludes halogenated alkanes) is 3. The highest BCUT2D eigenvalue weighted by Crippen LogP contribution is 2.28. The second-order valence-electron chi connectivity index (χ2n) is 7.11.